The van der Waals surface area contributed by atoms with Crippen LogP contribution in [0.5, 0.6) is 0 Å². The second-order valence-corrected chi connectivity index (χ2v) is 4.27. The molecule has 1 fully saturated rings. The van der Waals surface area contributed by atoms with Crippen molar-refractivity contribution in [3.8, 4) is 0 Å². The molecular formula is C11H12ClN3O. The largest absolute Gasteiger partial charge is 0.378 e. The average molecular weight is 238 g/mol. The predicted molar refractivity (Wildman–Crippen MR) is 61.8 cm³/mol. The topological polar surface area (TPSA) is 38.6 Å². The Morgan fingerprint density at radius 3 is 3.31 bits per heavy atom. The Bertz CT molecular complexity index is 505. The molecule has 5 heteroatoms. The number of imidazole rings is 1. The zero-order valence-electron chi connectivity index (χ0n) is 8.69. The molecule has 1 unspecified atom stereocenters. The number of pyridine rings is 1. The van der Waals surface area contributed by atoms with Gasteiger partial charge in [0.05, 0.1) is 31.0 Å². The lowest BCUT2D eigenvalue weighted by Gasteiger charge is -2.22. The van der Waals surface area contributed by atoms with Gasteiger partial charge in [0.2, 0.25) is 0 Å². The summed E-state index contributed by atoms with van der Waals surface area (Å²) >= 11 is 5.93. The highest BCUT2D eigenvalue weighted by Crippen LogP contribution is 2.19. The molecule has 2 aromatic rings. The second-order valence-electron chi connectivity index (χ2n) is 3.84. The summed E-state index contributed by atoms with van der Waals surface area (Å²) in [5.41, 5.74) is 1.01. The second kappa shape index (κ2) is 4.05. The van der Waals surface area contributed by atoms with Gasteiger partial charge < -0.3 is 14.5 Å². The predicted octanol–water partition coefficient (Wildman–Crippen LogP) is 1.65. The fraction of sp³-hybridized carbons (Fsp3) is 0.364. The molecule has 84 valence electrons. The minimum atomic E-state index is 0.164. The van der Waals surface area contributed by atoms with Crippen molar-refractivity contribution >= 4 is 17.1 Å². The van der Waals surface area contributed by atoms with E-state index in [1.807, 2.05) is 28.9 Å². The first-order valence-electron chi connectivity index (χ1n) is 5.28. The van der Waals surface area contributed by atoms with E-state index >= 15 is 0 Å². The normalized spacial score (nSPS) is 21.4. The minimum absolute atomic E-state index is 0.164. The van der Waals surface area contributed by atoms with Crippen molar-refractivity contribution in [1.29, 1.82) is 0 Å². The summed E-state index contributed by atoms with van der Waals surface area (Å²) in [6.07, 6.45) is 3.77. The maximum Gasteiger partial charge on any atom is 0.132 e. The van der Waals surface area contributed by atoms with Crippen molar-refractivity contribution in [2.45, 2.75) is 6.04 Å². The van der Waals surface area contributed by atoms with Crippen LogP contribution in [0.1, 0.15) is 11.9 Å². The Balaban J connectivity index is 2.03. The summed E-state index contributed by atoms with van der Waals surface area (Å²) in [4.78, 5) is 4.42. The van der Waals surface area contributed by atoms with Gasteiger partial charge in [-0.25, -0.2) is 4.98 Å². The van der Waals surface area contributed by atoms with E-state index in [4.69, 9.17) is 16.3 Å². The SMILES string of the molecule is Clc1ccn2c(C3COCCN3)ncc2c1. The molecule has 0 aliphatic carbocycles. The third-order valence-corrected chi connectivity index (χ3v) is 2.99. The molecule has 0 saturated carbocycles. The van der Waals surface area contributed by atoms with Crippen LogP contribution in [0.2, 0.25) is 5.02 Å². The number of halogens is 1. The van der Waals surface area contributed by atoms with Gasteiger partial charge in [0.25, 0.3) is 0 Å². The van der Waals surface area contributed by atoms with Crippen LogP contribution < -0.4 is 5.32 Å². The number of ether oxygens (including phenoxy) is 1. The zero-order chi connectivity index (χ0) is 11.0. The lowest BCUT2D eigenvalue weighted by molar-refractivity contribution is 0.0740. The van der Waals surface area contributed by atoms with E-state index in [0.717, 1.165) is 29.5 Å². The van der Waals surface area contributed by atoms with Crippen molar-refractivity contribution < 1.29 is 4.74 Å². The molecule has 0 amide bonds. The van der Waals surface area contributed by atoms with E-state index in [-0.39, 0.29) is 6.04 Å². The molecule has 16 heavy (non-hydrogen) atoms. The minimum Gasteiger partial charge on any atom is -0.378 e. The number of hydrogen-bond acceptors (Lipinski definition) is 3. The number of fused-ring (bicyclic) bond motifs is 1. The number of nitrogens with one attached hydrogen (secondary N) is 1. The molecular weight excluding hydrogens is 226 g/mol. The number of aromatic nitrogens is 2. The van der Waals surface area contributed by atoms with Gasteiger partial charge in [-0.05, 0) is 12.1 Å². The van der Waals surface area contributed by atoms with E-state index < -0.39 is 0 Å². The summed E-state index contributed by atoms with van der Waals surface area (Å²) in [6, 6.07) is 3.93. The highest BCUT2D eigenvalue weighted by Gasteiger charge is 2.19. The molecule has 4 nitrogen and oxygen atoms in total. The van der Waals surface area contributed by atoms with Gasteiger partial charge in [-0.1, -0.05) is 11.6 Å². The van der Waals surface area contributed by atoms with Crippen molar-refractivity contribution in [2.24, 2.45) is 0 Å². The molecule has 1 aliphatic heterocycles. The average Bonchev–Trinajstić information content (AvgIpc) is 2.73. The number of morpholine rings is 1. The molecule has 0 aromatic carbocycles. The van der Waals surface area contributed by atoms with Crippen LogP contribution in [0.15, 0.2) is 24.5 Å². The summed E-state index contributed by atoms with van der Waals surface area (Å²) in [7, 11) is 0. The maximum absolute atomic E-state index is 5.93. The molecule has 0 spiro atoms. The van der Waals surface area contributed by atoms with Crippen LogP contribution in [0, 0.1) is 0 Å². The summed E-state index contributed by atoms with van der Waals surface area (Å²) in [5, 5.41) is 4.12. The van der Waals surface area contributed by atoms with Crippen LogP contribution in [-0.2, 0) is 4.74 Å². The molecule has 3 rings (SSSR count). The van der Waals surface area contributed by atoms with Crippen LogP contribution in [0.4, 0.5) is 0 Å². The molecule has 3 heterocycles. The monoisotopic (exact) mass is 237 g/mol. The van der Waals surface area contributed by atoms with Gasteiger partial charge in [-0.15, -0.1) is 0 Å². The Labute approximate surface area is 98.2 Å². The molecule has 1 aliphatic rings. The summed E-state index contributed by atoms with van der Waals surface area (Å²) in [5.74, 6) is 0.978. The van der Waals surface area contributed by atoms with E-state index in [1.165, 1.54) is 0 Å². The third kappa shape index (κ3) is 1.69. The van der Waals surface area contributed by atoms with Crippen LogP contribution in [-0.4, -0.2) is 29.1 Å². The molecule has 0 bridgehead atoms. The molecule has 0 radical (unpaired) electrons. The van der Waals surface area contributed by atoms with Gasteiger partial charge in [-0.2, -0.15) is 0 Å². The van der Waals surface area contributed by atoms with Gasteiger partial charge in [0.15, 0.2) is 0 Å². The Hall–Kier alpha value is -1.10. The Kier molecular flexibility index (Phi) is 2.55. The zero-order valence-corrected chi connectivity index (χ0v) is 9.44. The van der Waals surface area contributed by atoms with Gasteiger partial charge in [0.1, 0.15) is 5.82 Å². The van der Waals surface area contributed by atoms with E-state index in [9.17, 15) is 0 Å². The molecule has 1 N–H and O–H groups in total. The van der Waals surface area contributed by atoms with E-state index in [0.29, 0.717) is 6.61 Å². The summed E-state index contributed by atoms with van der Waals surface area (Å²) < 4.78 is 7.48. The van der Waals surface area contributed by atoms with Gasteiger partial charge in [-0.3, -0.25) is 0 Å². The summed E-state index contributed by atoms with van der Waals surface area (Å²) in [6.45, 7) is 2.31. The highest BCUT2D eigenvalue weighted by molar-refractivity contribution is 6.30. The third-order valence-electron chi connectivity index (χ3n) is 2.76. The van der Waals surface area contributed by atoms with E-state index in [2.05, 4.69) is 10.3 Å². The molecule has 1 saturated heterocycles. The first-order chi connectivity index (χ1) is 7.84. The number of hydrogen-bond donors (Lipinski definition) is 1. The maximum atomic E-state index is 5.93. The number of nitrogens with zero attached hydrogens (tertiary/aromatic N) is 2. The standard InChI is InChI=1S/C11H12ClN3O/c12-8-1-3-15-9(5-8)6-14-11(15)10-7-16-4-2-13-10/h1,3,5-6,10,13H,2,4,7H2. The fourth-order valence-electron chi connectivity index (χ4n) is 1.98. The van der Waals surface area contributed by atoms with Crippen LogP contribution in [0.3, 0.4) is 0 Å². The lowest BCUT2D eigenvalue weighted by Crippen LogP contribution is -2.35. The van der Waals surface area contributed by atoms with E-state index in [1.54, 1.807) is 0 Å². The van der Waals surface area contributed by atoms with Gasteiger partial charge in [0, 0.05) is 17.8 Å². The number of rotatable bonds is 1. The van der Waals surface area contributed by atoms with Crippen molar-refractivity contribution in [3.05, 3.63) is 35.4 Å². The smallest absolute Gasteiger partial charge is 0.132 e. The lowest BCUT2D eigenvalue weighted by atomic mass is 10.2. The fourth-order valence-corrected chi connectivity index (χ4v) is 2.15. The Morgan fingerprint density at radius 2 is 2.50 bits per heavy atom. The first-order valence-corrected chi connectivity index (χ1v) is 5.66. The van der Waals surface area contributed by atoms with Crippen LogP contribution in [0.25, 0.3) is 5.52 Å². The first kappa shape index (κ1) is 10.1. The molecule has 2 aromatic heterocycles. The van der Waals surface area contributed by atoms with Crippen molar-refractivity contribution in [3.63, 3.8) is 0 Å². The van der Waals surface area contributed by atoms with Crippen molar-refractivity contribution in [2.75, 3.05) is 19.8 Å². The molecule has 1 atom stereocenters. The van der Waals surface area contributed by atoms with Crippen molar-refractivity contribution in [1.82, 2.24) is 14.7 Å². The van der Waals surface area contributed by atoms with Crippen LogP contribution >= 0.6 is 11.6 Å². The quantitative estimate of drug-likeness (QED) is 0.820. The Morgan fingerprint density at radius 1 is 1.56 bits per heavy atom. The highest BCUT2D eigenvalue weighted by atomic mass is 35.5. The van der Waals surface area contributed by atoms with Gasteiger partial charge >= 0.3 is 0 Å².